The lowest BCUT2D eigenvalue weighted by atomic mass is 10.2. The lowest BCUT2D eigenvalue weighted by Gasteiger charge is -2.09. The number of para-hydroxylation sites is 1. The molecule has 1 aliphatic rings. The molecule has 3 N–H and O–H groups in total. The molecule has 2 aromatic carbocycles. The van der Waals surface area contributed by atoms with Crippen LogP contribution in [0, 0.1) is 11.7 Å². The van der Waals surface area contributed by atoms with E-state index in [1.54, 1.807) is 6.07 Å². The van der Waals surface area contributed by atoms with Crippen LogP contribution in [0.2, 0.25) is 0 Å². The van der Waals surface area contributed by atoms with Crippen LogP contribution >= 0.6 is 0 Å². The molecular weight excluding hydrogens is 323 g/mol. The molecule has 1 aliphatic carbocycles. The van der Waals surface area contributed by atoms with E-state index in [4.69, 9.17) is 0 Å². The van der Waals surface area contributed by atoms with Crippen LogP contribution in [0.25, 0.3) is 10.9 Å². The van der Waals surface area contributed by atoms with Gasteiger partial charge in [0.25, 0.3) is 5.91 Å². The van der Waals surface area contributed by atoms with Gasteiger partial charge >= 0.3 is 0 Å². The van der Waals surface area contributed by atoms with E-state index < -0.39 is 11.7 Å². The number of carbonyl (C=O) groups excluding carboxylic acids is 2. The molecule has 1 fully saturated rings. The van der Waals surface area contributed by atoms with Crippen LogP contribution < -0.4 is 10.6 Å². The molecule has 1 saturated carbocycles. The summed E-state index contributed by atoms with van der Waals surface area (Å²) in [5.41, 5.74) is 1.44. The number of benzene rings is 2. The predicted molar refractivity (Wildman–Crippen MR) is 91.8 cm³/mol. The number of fused-ring (bicyclic) bond motifs is 1. The van der Waals surface area contributed by atoms with E-state index in [-0.39, 0.29) is 23.2 Å². The Morgan fingerprint density at radius 3 is 2.72 bits per heavy atom. The van der Waals surface area contributed by atoms with Gasteiger partial charge in [0, 0.05) is 17.0 Å². The number of rotatable bonds is 4. The number of nitrogens with zero attached hydrogens (tertiary/aromatic N) is 1. The number of nitrogens with one attached hydrogen (secondary N) is 3. The van der Waals surface area contributed by atoms with Crippen molar-refractivity contribution >= 4 is 34.1 Å². The summed E-state index contributed by atoms with van der Waals surface area (Å²) in [5, 5.41) is 12.8. The molecule has 0 spiro atoms. The zero-order valence-corrected chi connectivity index (χ0v) is 13.2. The van der Waals surface area contributed by atoms with Crippen molar-refractivity contribution in [2.24, 2.45) is 5.92 Å². The van der Waals surface area contributed by atoms with E-state index in [1.165, 1.54) is 18.2 Å². The summed E-state index contributed by atoms with van der Waals surface area (Å²) in [7, 11) is 0. The third kappa shape index (κ3) is 3.08. The average Bonchev–Trinajstić information content (AvgIpc) is 3.37. The van der Waals surface area contributed by atoms with Crippen molar-refractivity contribution in [2.75, 3.05) is 10.6 Å². The average molecular weight is 338 g/mol. The Hall–Kier alpha value is -3.22. The fourth-order valence-corrected chi connectivity index (χ4v) is 2.61. The highest BCUT2D eigenvalue weighted by molar-refractivity contribution is 6.11. The van der Waals surface area contributed by atoms with Crippen LogP contribution in [0.5, 0.6) is 0 Å². The van der Waals surface area contributed by atoms with E-state index in [0.29, 0.717) is 11.1 Å². The SMILES string of the molecule is O=C(Nc1ccc(F)c(NC(=O)C2CC2)c1)c1n[nH]c2ccccc12. The van der Waals surface area contributed by atoms with E-state index in [2.05, 4.69) is 20.8 Å². The van der Waals surface area contributed by atoms with Crippen LogP contribution in [0.4, 0.5) is 15.8 Å². The molecule has 1 heterocycles. The molecule has 4 rings (SSSR count). The van der Waals surface area contributed by atoms with Crippen molar-refractivity contribution in [3.63, 3.8) is 0 Å². The third-order valence-electron chi connectivity index (χ3n) is 4.12. The van der Waals surface area contributed by atoms with Crippen molar-refractivity contribution in [3.8, 4) is 0 Å². The van der Waals surface area contributed by atoms with E-state index >= 15 is 0 Å². The second-order valence-electron chi connectivity index (χ2n) is 6.03. The van der Waals surface area contributed by atoms with Crippen molar-refractivity contribution in [2.45, 2.75) is 12.8 Å². The Balaban J connectivity index is 1.55. The Morgan fingerprint density at radius 2 is 1.92 bits per heavy atom. The van der Waals surface area contributed by atoms with Crippen LogP contribution in [-0.2, 0) is 4.79 Å². The van der Waals surface area contributed by atoms with Gasteiger partial charge in [0.05, 0.1) is 11.2 Å². The Bertz CT molecular complexity index is 978. The molecule has 7 heteroatoms. The molecule has 0 radical (unpaired) electrons. The number of anilines is 2. The minimum atomic E-state index is -0.544. The lowest BCUT2D eigenvalue weighted by Crippen LogP contribution is -2.16. The minimum absolute atomic E-state index is 0.0342. The molecule has 1 aromatic heterocycles. The minimum Gasteiger partial charge on any atom is -0.323 e. The van der Waals surface area contributed by atoms with Crippen molar-refractivity contribution in [1.82, 2.24) is 10.2 Å². The Kier molecular flexibility index (Phi) is 3.68. The summed E-state index contributed by atoms with van der Waals surface area (Å²) in [5.74, 6) is -1.19. The van der Waals surface area contributed by atoms with Gasteiger partial charge in [-0.05, 0) is 37.1 Å². The lowest BCUT2D eigenvalue weighted by molar-refractivity contribution is -0.117. The number of hydrogen-bond donors (Lipinski definition) is 3. The fourth-order valence-electron chi connectivity index (χ4n) is 2.61. The van der Waals surface area contributed by atoms with Gasteiger partial charge in [0.1, 0.15) is 5.82 Å². The largest absolute Gasteiger partial charge is 0.323 e. The topological polar surface area (TPSA) is 86.9 Å². The first-order chi connectivity index (χ1) is 12.1. The van der Waals surface area contributed by atoms with Gasteiger partial charge < -0.3 is 10.6 Å². The van der Waals surface area contributed by atoms with Gasteiger partial charge in [-0.25, -0.2) is 4.39 Å². The molecule has 0 aliphatic heterocycles. The zero-order chi connectivity index (χ0) is 17.4. The van der Waals surface area contributed by atoms with Crippen LogP contribution in [0.3, 0.4) is 0 Å². The molecule has 0 saturated heterocycles. The molecule has 6 nitrogen and oxygen atoms in total. The summed E-state index contributed by atoms with van der Waals surface area (Å²) < 4.78 is 13.9. The quantitative estimate of drug-likeness (QED) is 0.682. The van der Waals surface area contributed by atoms with Crippen LogP contribution in [0.15, 0.2) is 42.5 Å². The number of amides is 2. The summed E-state index contributed by atoms with van der Waals surface area (Å²) >= 11 is 0. The number of carbonyl (C=O) groups is 2. The predicted octanol–water partition coefficient (Wildman–Crippen LogP) is 3.30. The van der Waals surface area contributed by atoms with Gasteiger partial charge in [0.2, 0.25) is 5.91 Å². The maximum atomic E-state index is 13.9. The summed E-state index contributed by atoms with van der Waals surface area (Å²) in [6.45, 7) is 0. The number of aromatic nitrogens is 2. The van der Waals surface area contributed by atoms with Crippen LogP contribution in [-0.4, -0.2) is 22.0 Å². The molecule has 126 valence electrons. The number of H-pyrrole nitrogens is 1. The maximum Gasteiger partial charge on any atom is 0.276 e. The third-order valence-corrected chi connectivity index (χ3v) is 4.12. The molecule has 25 heavy (non-hydrogen) atoms. The summed E-state index contributed by atoms with van der Waals surface area (Å²) in [4.78, 5) is 24.3. The molecular formula is C18H15FN4O2. The fraction of sp³-hybridized carbons (Fsp3) is 0.167. The summed E-state index contributed by atoms with van der Waals surface area (Å²) in [6.07, 6.45) is 1.66. The molecule has 0 atom stereocenters. The van der Waals surface area contributed by atoms with Crippen molar-refractivity contribution in [1.29, 1.82) is 0 Å². The summed E-state index contributed by atoms with van der Waals surface area (Å²) in [6, 6.07) is 11.3. The van der Waals surface area contributed by atoms with Crippen LogP contribution in [0.1, 0.15) is 23.3 Å². The van der Waals surface area contributed by atoms with Gasteiger partial charge in [0.15, 0.2) is 5.69 Å². The first-order valence-electron chi connectivity index (χ1n) is 7.96. The Labute approximate surface area is 142 Å². The highest BCUT2D eigenvalue weighted by Crippen LogP contribution is 2.31. The van der Waals surface area contributed by atoms with E-state index in [9.17, 15) is 14.0 Å². The van der Waals surface area contributed by atoms with E-state index in [1.807, 2.05) is 18.2 Å². The highest BCUT2D eigenvalue weighted by Gasteiger charge is 2.30. The second-order valence-corrected chi connectivity index (χ2v) is 6.03. The monoisotopic (exact) mass is 338 g/mol. The molecule has 0 unspecified atom stereocenters. The smallest absolute Gasteiger partial charge is 0.276 e. The van der Waals surface area contributed by atoms with Gasteiger partial charge in [-0.1, -0.05) is 18.2 Å². The number of hydrogen-bond acceptors (Lipinski definition) is 3. The van der Waals surface area contributed by atoms with Gasteiger partial charge in [-0.15, -0.1) is 0 Å². The zero-order valence-electron chi connectivity index (χ0n) is 13.2. The number of aromatic amines is 1. The highest BCUT2D eigenvalue weighted by atomic mass is 19.1. The standard InChI is InChI=1S/C18H15FN4O2/c19-13-8-7-11(9-15(13)21-17(24)10-5-6-10)20-18(25)16-12-3-1-2-4-14(12)22-23-16/h1-4,7-10H,5-6H2,(H,20,25)(H,21,24)(H,22,23). The molecule has 2 amide bonds. The number of halogens is 1. The van der Waals surface area contributed by atoms with E-state index in [0.717, 1.165) is 18.4 Å². The molecule has 3 aromatic rings. The van der Waals surface area contributed by atoms with Crippen molar-refractivity contribution in [3.05, 3.63) is 54.0 Å². The first kappa shape index (κ1) is 15.3. The first-order valence-corrected chi connectivity index (χ1v) is 7.96. The van der Waals surface area contributed by atoms with Crippen molar-refractivity contribution < 1.29 is 14.0 Å². The molecule has 0 bridgehead atoms. The second kappa shape index (κ2) is 6.01. The van der Waals surface area contributed by atoms with Gasteiger partial charge in [-0.2, -0.15) is 5.10 Å². The maximum absolute atomic E-state index is 13.9. The Morgan fingerprint density at radius 1 is 1.12 bits per heavy atom. The normalized spacial score (nSPS) is 13.6. The van der Waals surface area contributed by atoms with Gasteiger partial charge in [-0.3, -0.25) is 14.7 Å².